The molecule has 0 aromatic heterocycles. The maximum Gasteiger partial charge on any atom is 0.306 e. The summed E-state index contributed by atoms with van der Waals surface area (Å²) in [6.07, 6.45) is 22.5. The van der Waals surface area contributed by atoms with Crippen LogP contribution in [0.15, 0.2) is 0 Å². The number of carbonyl (C=O) groups excluding carboxylic acids is 1. The zero-order chi connectivity index (χ0) is 22.3. The molecule has 1 atom stereocenters. The number of esters is 1. The van der Waals surface area contributed by atoms with Crippen molar-refractivity contribution in [3.8, 4) is 0 Å². The third-order valence-corrected chi connectivity index (χ3v) is 5.83. The lowest BCUT2D eigenvalue weighted by Gasteiger charge is -2.18. The number of carbonyl (C=O) groups is 2. The molecule has 178 valence electrons. The number of unbranched alkanes of at least 4 members (excludes halogenated alkanes) is 14. The Bertz CT molecular complexity index is 394. The summed E-state index contributed by atoms with van der Waals surface area (Å²) in [7, 11) is 0. The molecule has 4 nitrogen and oxygen atoms in total. The summed E-state index contributed by atoms with van der Waals surface area (Å²) in [5, 5.41) is 8.72. The third-order valence-electron chi connectivity index (χ3n) is 5.83. The second kappa shape index (κ2) is 22.6. The van der Waals surface area contributed by atoms with Crippen LogP contribution in [-0.4, -0.2) is 23.1 Å². The van der Waals surface area contributed by atoms with E-state index < -0.39 is 5.97 Å². The van der Waals surface area contributed by atoms with Gasteiger partial charge in [0.1, 0.15) is 6.10 Å². The summed E-state index contributed by atoms with van der Waals surface area (Å²) in [6.45, 7) is 4.46. The van der Waals surface area contributed by atoms with E-state index in [9.17, 15) is 9.59 Å². The normalized spacial score (nSPS) is 12.1. The van der Waals surface area contributed by atoms with Crippen molar-refractivity contribution in [3.05, 3.63) is 0 Å². The van der Waals surface area contributed by atoms with Crippen molar-refractivity contribution in [2.24, 2.45) is 0 Å². The summed E-state index contributed by atoms with van der Waals surface area (Å²) < 4.78 is 5.84. The van der Waals surface area contributed by atoms with Crippen LogP contribution in [0.2, 0.25) is 0 Å². The summed E-state index contributed by atoms with van der Waals surface area (Å²) in [5.74, 6) is -0.735. The molecule has 0 aliphatic heterocycles. The van der Waals surface area contributed by atoms with Gasteiger partial charge in [0.25, 0.3) is 0 Å². The second-order valence-electron chi connectivity index (χ2n) is 8.89. The first-order chi connectivity index (χ1) is 14.6. The number of hydrogen-bond acceptors (Lipinski definition) is 3. The number of carboxylic acids is 1. The summed E-state index contributed by atoms with van der Waals surface area (Å²) >= 11 is 0. The third kappa shape index (κ3) is 21.6. The monoisotopic (exact) mass is 426 g/mol. The van der Waals surface area contributed by atoms with Crippen LogP contribution in [0.5, 0.6) is 0 Å². The van der Waals surface area contributed by atoms with Crippen molar-refractivity contribution < 1.29 is 19.4 Å². The largest absolute Gasteiger partial charge is 0.481 e. The van der Waals surface area contributed by atoms with Crippen LogP contribution in [0, 0.1) is 0 Å². The van der Waals surface area contributed by atoms with E-state index in [1.165, 1.54) is 64.2 Å². The topological polar surface area (TPSA) is 63.6 Å². The maximum atomic E-state index is 12.3. The molecule has 0 saturated heterocycles. The van der Waals surface area contributed by atoms with Crippen LogP contribution >= 0.6 is 0 Å². The molecule has 0 aromatic rings. The van der Waals surface area contributed by atoms with Gasteiger partial charge in [-0.05, 0) is 38.5 Å². The lowest BCUT2D eigenvalue weighted by molar-refractivity contribution is -0.150. The van der Waals surface area contributed by atoms with Crippen molar-refractivity contribution in [3.63, 3.8) is 0 Å². The first-order valence-corrected chi connectivity index (χ1v) is 13.0. The Balaban J connectivity index is 4.03. The average molecular weight is 427 g/mol. The second-order valence-corrected chi connectivity index (χ2v) is 8.89. The molecule has 0 bridgehead atoms. The highest BCUT2D eigenvalue weighted by Crippen LogP contribution is 2.18. The van der Waals surface area contributed by atoms with E-state index in [0.717, 1.165) is 57.8 Å². The number of aliphatic carboxylic acids is 1. The van der Waals surface area contributed by atoms with E-state index in [-0.39, 0.29) is 18.5 Å². The van der Waals surface area contributed by atoms with Crippen LogP contribution < -0.4 is 0 Å². The van der Waals surface area contributed by atoms with Crippen molar-refractivity contribution in [1.29, 1.82) is 0 Å². The summed E-state index contributed by atoms with van der Waals surface area (Å²) in [5.41, 5.74) is 0. The molecule has 0 aliphatic carbocycles. The Kier molecular flexibility index (Phi) is 21.8. The fraction of sp³-hybridized carbons (Fsp3) is 0.923. The zero-order valence-electron chi connectivity index (χ0n) is 20.1. The molecule has 0 radical (unpaired) electrons. The molecule has 0 spiro atoms. The van der Waals surface area contributed by atoms with E-state index in [1.54, 1.807) is 0 Å². The van der Waals surface area contributed by atoms with Crippen LogP contribution in [-0.2, 0) is 14.3 Å². The first kappa shape index (κ1) is 28.9. The fourth-order valence-corrected chi connectivity index (χ4v) is 3.89. The highest BCUT2D eigenvalue weighted by atomic mass is 16.5. The molecular weight excluding hydrogens is 376 g/mol. The predicted octanol–water partition coefficient (Wildman–Crippen LogP) is 8.21. The van der Waals surface area contributed by atoms with Gasteiger partial charge in [0.15, 0.2) is 0 Å². The van der Waals surface area contributed by atoms with Crippen molar-refractivity contribution in [2.45, 2.75) is 155 Å². The van der Waals surface area contributed by atoms with Crippen molar-refractivity contribution in [2.75, 3.05) is 0 Å². The number of carboxylic acid groups (broad SMARTS) is 1. The van der Waals surface area contributed by atoms with Gasteiger partial charge in [-0.3, -0.25) is 9.59 Å². The molecule has 1 unspecified atom stereocenters. The van der Waals surface area contributed by atoms with E-state index >= 15 is 0 Å². The Morgan fingerprint density at radius 1 is 0.600 bits per heavy atom. The lowest BCUT2D eigenvalue weighted by atomic mass is 10.0. The first-order valence-electron chi connectivity index (χ1n) is 13.0. The van der Waals surface area contributed by atoms with Gasteiger partial charge in [-0.2, -0.15) is 0 Å². The quantitative estimate of drug-likeness (QED) is 0.132. The Hall–Kier alpha value is -1.06. The van der Waals surface area contributed by atoms with Gasteiger partial charge >= 0.3 is 11.9 Å². The molecule has 0 aromatic carbocycles. The van der Waals surface area contributed by atoms with Crippen LogP contribution in [0.4, 0.5) is 0 Å². The minimum atomic E-state index is -0.713. The SMILES string of the molecule is CCCCCCCCCC(=O)OC(CCCCCCCC)CCCCCCC(=O)O. The number of ether oxygens (including phenoxy) is 1. The van der Waals surface area contributed by atoms with E-state index in [0.29, 0.717) is 6.42 Å². The standard InChI is InChI=1S/C26H50O4/c1-3-5-7-9-11-13-19-23-26(29)30-24(20-16-12-10-8-6-4-2)21-17-14-15-18-22-25(27)28/h24H,3-23H2,1-2H3,(H,27,28). The Morgan fingerprint density at radius 3 is 1.47 bits per heavy atom. The van der Waals surface area contributed by atoms with Crippen molar-refractivity contribution in [1.82, 2.24) is 0 Å². The molecule has 4 heteroatoms. The van der Waals surface area contributed by atoms with Gasteiger partial charge in [0.05, 0.1) is 0 Å². The van der Waals surface area contributed by atoms with Crippen LogP contribution in [0.3, 0.4) is 0 Å². The van der Waals surface area contributed by atoms with E-state index in [4.69, 9.17) is 9.84 Å². The highest BCUT2D eigenvalue weighted by molar-refractivity contribution is 5.69. The van der Waals surface area contributed by atoms with Crippen LogP contribution in [0.25, 0.3) is 0 Å². The van der Waals surface area contributed by atoms with Gasteiger partial charge in [0, 0.05) is 12.8 Å². The molecule has 0 rings (SSSR count). The van der Waals surface area contributed by atoms with Gasteiger partial charge in [0.2, 0.25) is 0 Å². The lowest BCUT2D eigenvalue weighted by Crippen LogP contribution is -2.18. The minimum absolute atomic E-state index is 0.0228. The number of hydrogen-bond donors (Lipinski definition) is 1. The molecule has 30 heavy (non-hydrogen) atoms. The van der Waals surface area contributed by atoms with Crippen LogP contribution in [0.1, 0.15) is 149 Å². The highest BCUT2D eigenvalue weighted by Gasteiger charge is 2.14. The Labute approximate surface area is 186 Å². The van der Waals surface area contributed by atoms with Gasteiger partial charge in [-0.15, -0.1) is 0 Å². The Morgan fingerprint density at radius 2 is 1.00 bits per heavy atom. The fourth-order valence-electron chi connectivity index (χ4n) is 3.89. The average Bonchev–Trinajstić information content (AvgIpc) is 2.71. The molecule has 1 N–H and O–H groups in total. The molecular formula is C26H50O4. The zero-order valence-corrected chi connectivity index (χ0v) is 20.1. The molecule has 0 amide bonds. The maximum absolute atomic E-state index is 12.3. The molecule has 0 aliphatic rings. The predicted molar refractivity (Wildman–Crippen MR) is 126 cm³/mol. The summed E-state index contributed by atoms with van der Waals surface area (Å²) in [4.78, 5) is 22.9. The number of rotatable bonds is 23. The smallest absolute Gasteiger partial charge is 0.306 e. The van der Waals surface area contributed by atoms with E-state index in [1.807, 2.05) is 0 Å². The van der Waals surface area contributed by atoms with Gasteiger partial charge < -0.3 is 9.84 Å². The van der Waals surface area contributed by atoms with Gasteiger partial charge in [-0.1, -0.05) is 97.3 Å². The van der Waals surface area contributed by atoms with E-state index in [2.05, 4.69) is 13.8 Å². The molecule has 0 heterocycles. The summed E-state index contributed by atoms with van der Waals surface area (Å²) in [6, 6.07) is 0. The molecule has 0 saturated carbocycles. The minimum Gasteiger partial charge on any atom is -0.481 e. The molecule has 0 fully saturated rings. The van der Waals surface area contributed by atoms with Gasteiger partial charge in [-0.25, -0.2) is 0 Å². The van der Waals surface area contributed by atoms with Crippen molar-refractivity contribution >= 4 is 11.9 Å².